The summed E-state index contributed by atoms with van der Waals surface area (Å²) in [6.07, 6.45) is 0.787. The molecule has 0 aliphatic carbocycles. The average molecular weight is 631 g/mol. The lowest BCUT2D eigenvalue weighted by Gasteiger charge is -2.19. The van der Waals surface area contributed by atoms with Crippen molar-refractivity contribution in [2.75, 3.05) is 32.5 Å². The standard InChI is InChI=1S/C33H28F2N4O5S/c1-3-41-29(40)20-45-23-10-12-26(24(16-23)32-37-13-14-39(32)2)43-31-25(34)18-38-33(30(31)35)44-28-15-22(17-36)9-11-27(28)42-19-21-7-5-4-6-8-21/h4-12,15-16,18H,3,13-14,19-20H2,1-2H3. The molecule has 2 heterocycles. The number of nitriles is 1. The number of nitrogens with zero attached hydrogens (tertiary/aromatic N) is 4. The molecule has 9 nitrogen and oxygen atoms in total. The summed E-state index contributed by atoms with van der Waals surface area (Å²) in [5, 5.41) is 9.42. The summed E-state index contributed by atoms with van der Waals surface area (Å²) < 4.78 is 53.4. The predicted molar refractivity (Wildman–Crippen MR) is 164 cm³/mol. The number of hydrogen-bond acceptors (Lipinski definition) is 10. The number of carbonyl (C=O) groups is 1. The maximum Gasteiger partial charge on any atom is 0.316 e. The monoisotopic (exact) mass is 630 g/mol. The molecule has 0 saturated heterocycles. The minimum Gasteiger partial charge on any atom is -0.485 e. The first-order chi connectivity index (χ1) is 21.9. The Hall–Kier alpha value is -5.15. The van der Waals surface area contributed by atoms with Crippen molar-refractivity contribution in [3.63, 3.8) is 0 Å². The van der Waals surface area contributed by atoms with E-state index in [1.54, 1.807) is 25.1 Å². The minimum atomic E-state index is -1.19. The Bertz CT molecular complexity index is 1760. The first kappa shape index (κ1) is 31.3. The third kappa shape index (κ3) is 7.69. The molecule has 3 aromatic carbocycles. The number of likely N-dealkylation sites (N-methyl/N-ethyl adjacent to an activating group) is 1. The van der Waals surface area contributed by atoms with Gasteiger partial charge in [-0.3, -0.25) is 9.79 Å². The molecule has 0 saturated carbocycles. The van der Waals surface area contributed by atoms with Crippen molar-refractivity contribution in [2.45, 2.75) is 18.4 Å². The predicted octanol–water partition coefficient (Wildman–Crippen LogP) is 6.74. The fourth-order valence-corrected chi connectivity index (χ4v) is 5.09. The Morgan fingerprint density at radius 3 is 2.58 bits per heavy atom. The first-order valence-electron chi connectivity index (χ1n) is 13.9. The Kier molecular flexibility index (Phi) is 10.1. The van der Waals surface area contributed by atoms with Gasteiger partial charge in [0.1, 0.15) is 18.2 Å². The molecule has 45 heavy (non-hydrogen) atoms. The molecule has 0 radical (unpaired) electrons. The summed E-state index contributed by atoms with van der Waals surface area (Å²) in [4.78, 5) is 22.8. The Morgan fingerprint density at radius 1 is 1.04 bits per heavy atom. The number of ether oxygens (including phenoxy) is 4. The van der Waals surface area contributed by atoms with Crippen LogP contribution >= 0.6 is 11.8 Å². The Labute approximate surface area is 263 Å². The molecule has 1 aliphatic rings. The number of hydrogen-bond donors (Lipinski definition) is 0. The van der Waals surface area contributed by atoms with Gasteiger partial charge in [0.15, 0.2) is 17.3 Å². The van der Waals surface area contributed by atoms with E-state index in [1.165, 1.54) is 30.0 Å². The van der Waals surface area contributed by atoms with Gasteiger partial charge in [-0.1, -0.05) is 30.3 Å². The fraction of sp³-hybridized carbons (Fsp3) is 0.212. The largest absolute Gasteiger partial charge is 0.485 e. The number of pyridine rings is 1. The topological polar surface area (TPSA) is 106 Å². The second-order valence-electron chi connectivity index (χ2n) is 9.68. The summed E-state index contributed by atoms with van der Waals surface area (Å²) in [5.41, 5.74) is 1.61. The van der Waals surface area contributed by atoms with Crippen LogP contribution in [0.4, 0.5) is 8.78 Å². The number of aromatic nitrogens is 1. The molecule has 230 valence electrons. The fourth-order valence-electron chi connectivity index (χ4n) is 4.35. The van der Waals surface area contributed by atoms with Gasteiger partial charge in [-0.15, -0.1) is 11.8 Å². The van der Waals surface area contributed by atoms with Gasteiger partial charge in [0.25, 0.3) is 5.88 Å². The molecule has 5 rings (SSSR count). The quantitative estimate of drug-likeness (QED) is 0.124. The van der Waals surface area contributed by atoms with E-state index in [9.17, 15) is 10.1 Å². The molecule has 0 fully saturated rings. The van der Waals surface area contributed by atoms with Gasteiger partial charge in [0, 0.05) is 24.6 Å². The van der Waals surface area contributed by atoms with Crippen LogP contribution in [0.1, 0.15) is 23.6 Å². The van der Waals surface area contributed by atoms with E-state index >= 15 is 8.78 Å². The van der Waals surface area contributed by atoms with Crippen LogP contribution in [0.15, 0.2) is 82.8 Å². The molecule has 4 aromatic rings. The molecule has 1 aromatic heterocycles. The van der Waals surface area contributed by atoms with Crippen LogP contribution in [-0.4, -0.2) is 54.2 Å². The van der Waals surface area contributed by atoms with E-state index in [0.29, 0.717) is 29.4 Å². The second-order valence-corrected chi connectivity index (χ2v) is 10.7. The van der Waals surface area contributed by atoms with Gasteiger partial charge < -0.3 is 23.8 Å². The lowest BCUT2D eigenvalue weighted by Crippen LogP contribution is -2.24. The molecular weight excluding hydrogens is 602 g/mol. The summed E-state index contributed by atoms with van der Waals surface area (Å²) in [5.74, 6) is -2.89. The van der Waals surface area contributed by atoms with Crippen molar-refractivity contribution < 1.29 is 32.5 Å². The zero-order valence-electron chi connectivity index (χ0n) is 24.5. The minimum absolute atomic E-state index is 0.0135. The Balaban J connectivity index is 1.44. The summed E-state index contributed by atoms with van der Waals surface area (Å²) in [6.45, 7) is 3.39. The van der Waals surface area contributed by atoms with Gasteiger partial charge in [0.05, 0.1) is 42.3 Å². The van der Waals surface area contributed by atoms with Crippen LogP contribution in [0.25, 0.3) is 0 Å². The van der Waals surface area contributed by atoms with E-state index in [0.717, 1.165) is 11.8 Å². The third-order valence-corrected chi connectivity index (χ3v) is 7.51. The second kappa shape index (κ2) is 14.5. The molecule has 0 unspecified atom stereocenters. The summed E-state index contributed by atoms with van der Waals surface area (Å²) in [6, 6.07) is 20.8. The molecule has 1 aliphatic heterocycles. The van der Waals surface area contributed by atoms with Crippen LogP contribution < -0.4 is 14.2 Å². The van der Waals surface area contributed by atoms with E-state index in [1.807, 2.05) is 48.3 Å². The number of rotatable bonds is 12. The van der Waals surface area contributed by atoms with Gasteiger partial charge in [0.2, 0.25) is 11.6 Å². The number of carbonyl (C=O) groups excluding carboxylic acids is 1. The van der Waals surface area contributed by atoms with Crippen molar-refractivity contribution in [3.05, 3.63) is 101 Å². The third-order valence-electron chi connectivity index (χ3n) is 6.54. The Morgan fingerprint density at radius 2 is 1.84 bits per heavy atom. The number of halogens is 2. The number of aliphatic imine (C=N–C) groups is 1. The van der Waals surface area contributed by atoms with Crippen molar-refractivity contribution in [3.8, 4) is 34.9 Å². The number of benzene rings is 3. The summed E-state index contributed by atoms with van der Waals surface area (Å²) >= 11 is 1.26. The van der Waals surface area contributed by atoms with E-state index < -0.39 is 23.3 Å². The van der Waals surface area contributed by atoms with Crippen molar-refractivity contribution in [2.24, 2.45) is 4.99 Å². The van der Waals surface area contributed by atoms with Crippen LogP contribution in [0.3, 0.4) is 0 Å². The van der Waals surface area contributed by atoms with E-state index in [4.69, 9.17) is 18.9 Å². The SMILES string of the molecule is CCOC(=O)CSc1ccc(Oc2c(F)cnc(Oc3cc(C#N)ccc3OCc3ccccc3)c2F)c(C2=NCCN2C)c1. The molecular formula is C33H28F2N4O5S. The van der Waals surface area contributed by atoms with Gasteiger partial charge in [-0.2, -0.15) is 9.65 Å². The highest BCUT2D eigenvalue weighted by Gasteiger charge is 2.25. The zero-order valence-corrected chi connectivity index (χ0v) is 25.3. The van der Waals surface area contributed by atoms with Crippen LogP contribution in [0, 0.1) is 23.0 Å². The molecule has 12 heteroatoms. The van der Waals surface area contributed by atoms with Crippen LogP contribution in [0.5, 0.6) is 28.9 Å². The highest BCUT2D eigenvalue weighted by molar-refractivity contribution is 8.00. The van der Waals surface area contributed by atoms with Crippen molar-refractivity contribution >= 4 is 23.6 Å². The first-order valence-corrected chi connectivity index (χ1v) is 14.9. The summed E-state index contributed by atoms with van der Waals surface area (Å²) in [7, 11) is 1.85. The maximum absolute atomic E-state index is 15.9. The van der Waals surface area contributed by atoms with Crippen molar-refractivity contribution in [1.82, 2.24) is 9.88 Å². The van der Waals surface area contributed by atoms with Gasteiger partial charge >= 0.3 is 5.97 Å². The number of thioether (sulfide) groups is 1. The molecule has 0 N–H and O–H groups in total. The van der Waals surface area contributed by atoms with E-state index in [-0.39, 0.29) is 47.7 Å². The zero-order chi connectivity index (χ0) is 31.8. The molecule has 0 bridgehead atoms. The highest BCUT2D eigenvalue weighted by Crippen LogP contribution is 2.39. The van der Waals surface area contributed by atoms with E-state index in [2.05, 4.69) is 9.98 Å². The average Bonchev–Trinajstić information content (AvgIpc) is 3.49. The molecule has 0 atom stereocenters. The van der Waals surface area contributed by atoms with Crippen LogP contribution in [-0.2, 0) is 16.1 Å². The van der Waals surface area contributed by atoms with Gasteiger partial charge in [-0.05, 0) is 42.8 Å². The maximum atomic E-state index is 15.9. The smallest absolute Gasteiger partial charge is 0.316 e. The number of amidine groups is 1. The molecule has 0 amide bonds. The number of esters is 1. The van der Waals surface area contributed by atoms with Crippen molar-refractivity contribution in [1.29, 1.82) is 5.26 Å². The normalized spacial score (nSPS) is 12.3. The van der Waals surface area contributed by atoms with Gasteiger partial charge in [-0.25, -0.2) is 9.37 Å². The van der Waals surface area contributed by atoms with Crippen LogP contribution in [0.2, 0.25) is 0 Å². The molecule has 0 spiro atoms. The highest BCUT2D eigenvalue weighted by atomic mass is 32.2. The lowest BCUT2D eigenvalue weighted by molar-refractivity contribution is -0.139. The lowest BCUT2D eigenvalue weighted by atomic mass is 10.1.